The van der Waals surface area contributed by atoms with Gasteiger partial charge in [-0.05, 0) is 37.3 Å². The van der Waals surface area contributed by atoms with Crippen LogP contribution in [0.1, 0.15) is 26.2 Å². The van der Waals surface area contributed by atoms with E-state index in [9.17, 15) is 15.0 Å². The fourth-order valence-corrected chi connectivity index (χ4v) is 2.63. The van der Waals surface area contributed by atoms with E-state index in [0.29, 0.717) is 24.8 Å². The molecule has 0 amide bonds. The van der Waals surface area contributed by atoms with Crippen LogP contribution in [-0.2, 0) is 9.53 Å². The molecule has 0 saturated carbocycles. The van der Waals surface area contributed by atoms with Gasteiger partial charge in [0.1, 0.15) is 12.2 Å². The Hall–Kier alpha value is -1.39. The second-order valence-electron chi connectivity index (χ2n) is 5.19. The van der Waals surface area contributed by atoms with E-state index < -0.39 is 18.2 Å². The van der Waals surface area contributed by atoms with Crippen molar-refractivity contribution in [3.8, 4) is 0 Å². The van der Waals surface area contributed by atoms with Crippen molar-refractivity contribution in [2.24, 2.45) is 5.92 Å². The molecule has 2 aliphatic rings. The van der Waals surface area contributed by atoms with Crippen LogP contribution >= 0.6 is 0 Å². The van der Waals surface area contributed by atoms with Gasteiger partial charge in [0, 0.05) is 11.5 Å². The summed E-state index contributed by atoms with van der Waals surface area (Å²) in [6, 6.07) is 0. The zero-order valence-electron chi connectivity index (χ0n) is 11.1. The molecule has 0 unspecified atom stereocenters. The van der Waals surface area contributed by atoms with Crippen LogP contribution in [0.25, 0.3) is 0 Å². The summed E-state index contributed by atoms with van der Waals surface area (Å²) >= 11 is 0. The Balaban J connectivity index is 2.30. The summed E-state index contributed by atoms with van der Waals surface area (Å²) < 4.78 is 5.25. The molecule has 3 atom stereocenters. The Morgan fingerprint density at radius 1 is 1.47 bits per heavy atom. The van der Waals surface area contributed by atoms with Crippen LogP contribution in [0.5, 0.6) is 0 Å². The highest BCUT2D eigenvalue weighted by atomic mass is 16.6. The van der Waals surface area contributed by atoms with E-state index in [2.05, 4.69) is 6.58 Å². The second kappa shape index (κ2) is 5.72. The highest BCUT2D eigenvalue weighted by molar-refractivity contribution is 5.90. The fraction of sp³-hybridized carbons (Fsp3) is 0.533. The second-order valence-corrected chi connectivity index (χ2v) is 5.19. The van der Waals surface area contributed by atoms with Crippen molar-refractivity contribution in [1.82, 2.24) is 0 Å². The number of ether oxygens (including phenoxy) is 1. The maximum Gasteiger partial charge on any atom is 0.334 e. The van der Waals surface area contributed by atoms with E-state index >= 15 is 0 Å². The molecule has 1 fully saturated rings. The SMILES string of the molecule is C=C1C(=O)O[C@H]2[C@H]1CC/C(CO)=C/C/C=C(/C)[C@@H]2O. The Morgan fingerprint density at radius 2 is 2.21 bits per heavy atom. The minimum atomic E-state index is -0.780. The first-order chi connectivity index (χ1) is 9.04. The van der Waals surface area contributed by atoms with Gasteiger partial charge in [0.25, 0.3) is 0 Å². The number of aliphatic hydroxyl groups is 2. The monoisotopic (exact) mass is 264 g/mol. The number of hydrogen-bond acceptors (Lipinski definition) is 4. The first-order valence-electron chi connectivity index (χ1n) is 6.58. The molecule has 0 radical (unpaired) electrons. The number of esters is 1. The van der Waals surface area contributed by atoms with Crippen LogP contribution in [0.2, 0.25) is 0 Å². The minimum Gasteiger partial charge on any atom is -0.455 e. The molecule has 4 heteroatoms. The smallest absolute Gasteiger partial charge is 0.334 e. The highest BCUT2D eigenvalue weighted by Gasteiger charge is 2.42. The first-order valence-corrected chi connectivity index (χ1v) is 6.58. The predicted molar refractivity (Wildman–Crippen MR) is 71.3 cm³/mol. The summed E-state index contributed by atoms with van der Waals surface area (Å²) in [6.45, 7) is 5.62. The third-order valence-electron chi connectivity index (χ3n) is 3.95. The molecule has 1 saturated heterocycles. The number of carbonyl (C=O) groups is 1. The third kappa shape index (κ3) is 2.80. The molecule has 0 aromatic carbocycles. The van der Waals surface area contributed by atoms with Gasteiger partial charge in [0.05, 0.1) is 6.61 Å². The summed E-state index contributed by atoms with van der Waals surface area (Å²) in [5.74, 6) is -0.602. The van der Waals surface area contributed by atoms with Gasteiger partial charge in [-0.3, -0.25) is 0 Å². The van der Waals surface area contributed by atoms with Gasteiger partial charge in [0.2, 0.25) is 0 Å². The van der Waals surface area contributed by atoms with Crippen LogP contribution < -0.4 is 0 Å². The molecule has 4 nitrogen and oxygen atoms in total. The van der Waals surface area contributed by atoms with Crippen molar-refractivity contribution < 1.29 is 19.7 Å². The predicted octanol–water partition coefficient (Wildman–Crippen LogP) is 1.49. The molecule has 1 aliphatic heterocycles. The first kappa shape index (κ1) is 14.0. The topological polar surface area (TPSA) is 66.8 Å². The van der Waals surface area contributed by atoms with Crippen molar-refractivity contribution in [2.45, 2.75) is 38.4 Å². The number of rotatable bonds is 1. The van der Waals surface area contributed by atoms with Crippen LogP contribution in [0, 0.1) is 5.92 Å². The molecule has 2 N–H and O–H groups in total. The molecular weight excluding hydrogens is 244 g/mol. The van der Waals surface area contributed by atoms with Crippen molar-refractivity contribution in [2.75, 3.05) is 6.61 Å². The lowest BCUT2D eigenvalue weighted by molar-refractivity contribution is -0.142. The van der Waals surface area contributed by atoms with Crippen molar-refractivity contribution in [3.05, 3.63) is 35.5 Å². The lowest BCUT2D eigenvalue weighted by atomic mass is 9.85. The number of allylic oxidation sites excluding steroid dienone is 2. The van der Waals surface area contributed by atoms with E-state index in [1.54, 1.807) is 0 Å². The zero-order chi connectivity index (χ0) is 14.0. The van der Waals surface area contributed by atoms with E-state index in [4.69, 9.17) is 4.74 Å². The highest BCUT2D eigenvalue weighted by Crippen LogP contribution is 2.35. The maximum absolute atomic E-state index is 11.6. The standard InChI is InChI=1S/C15H20O4/c1-9-4-3-5-11(8-16)6-7-12-10(2)15(18)19-14(12)13(9)17/h4-5,12-14,16-17H,2-3,6-8H2,1H3/b9-4-,11-5-/t12-,13-,14-/m0/s1. The quantitative estimate of drug-likeness (QED) is 0.428. The molecule has 0 bridgehead atoms. The zero-order valence-corrected chi connectivity index (χ0v) is 11.1. The van der Waals surface area contributed by atoms with Gasteiger partial charge in [-0.15, -0.1) is 0 Å². The van der Waals surface area contributed by atoms with Crippen LogP contribution in [0.15, 0.2) is 35.5 Å². The van der Waals surface area contributed by atoms with Crippen LogP contribution in [0.3, 0.4) is 0 Å². The molecule has 0 aromatic heterocycles. The molecule has 1 heterocycles. The van der Waals surface area contributed by atoms with Crippen molar-refractivity contribution in [1.29, 1.82) is 0 Å². The van der Waals surface area contributed by atoms with E-state index in [1.165, 1.54) is 0 Å². The van der Waals surface area contributed by atoms with E-state index in [-0.39, 0.29) is 12.5 Å². The number of aliphatic hydroxyl groups excluding tert-OH is 2. The van der Waals surface area contributed by atoms with Gasteiger partial charge in [-0.2, -0.15) is 0 Å². The summed E-state index contributed by atoms with van der Waals surface area (Å²) in [5.41, 5.74) is 2.16. The van der Waals surface area contributed by atoms with E-state index in [0.717, 1.165) is 11.1 Å². The Morgan fingerprint density at radius 3 is 2.89 bits per heavy atom. The van der Waals surface area contributed by atoms with Crippen molar-refractivity contribution in [3.63, 3.8) is 0 Å². The average Bonchev–Trinajstić information content (AvgIpc) is 2.68. The van der Waals surface area contributed by atoms with Gasteiger partial charge in [0.15, 0.2) is 0 Å². The fourth-order valence-electron chi connectivity index (χ4n) is 2.63. The van der Waals surface area contributed by atoms with Gasteiger partial charge in [-0.1, -0.05) is 18.7 Å². The molecular formula is C15H20O4. The molecule has 0 aromatic rings. The minimum absolute atomic E-state index is 0.0219. The average molecular weight is 264 g/mol. The Bertz CT molecular complexity index is 447. The van der Waals surface area contributed by atoms with Crippen LogP contribution in [-0.4, -0.2) is 35.0 Å². The molecule has 1 aliphatic carbocycles. The van der Waals surface area contributed by atoms with Crippen LogP contribution in [0.4, 0.5) is 0 Å². The number of carbonyl (C=O) groups excluding carboxylic acids is 1. The Kier molecular flexibility index (Phi) is 4.22. The lowest BCUT2D eigenvalue weighted by Crippen LogP contribution is -2.33. The number of fused-ring (bicyclic) bond motifs is 1. The summed E-state index contributed by atoms with van der Waals surface area (Å²) in [4.78, 5) is 11.6. The largest absolute Gasteiger partial charge is 0.455 e. The number of hydrogen-bond donors (Lipinski definition) is 2. The molecule has 0 spiro atoms. The van der Waals surface area contributed by atoms with Crippen molar-refractivity contribution >= 4 is 5.97 Å². The van der Waals surface area contributed by atoms with Gasteiger partial charge >= 0.3 is 5.97 Å². The summed E-state index contributed by atoms with van der Waals surface area (Å²) in [7, 11) is 0. The summed E-state index contributed by atoms with van der Waals surface area (Å²) in [6.07, 6.45) is 4.56. The molecule has 104 valence electrons. The summed E-state index contributed by atoms with van der Waals surface area (Å²) in [5, 5.41) is 19.6. The molecule has 19 heavy (non-hydrogen) atoms. The van der Waals surface area contributed by atoms with Gasteiger partial charge in [-0.25, -0.2) is 4.79 Å². The normalized spacial score (nSPS) is 37.7. The third-order valence-corrected chi connectivity index (χ3v) is 3.95. The maximum atomic E-state index is 11.6. The lowest BCUT2D eigenvalue weighted by Gasteiger charge is -2.24. The Labute approximate surface area is 113 Å². The molecule has 2 rings (SSSR count). The van der Waals surface area contributed by atoms with E-state index in [1.807, 2.05) is 19.1 Å². The van der Waals surface area contributed by atoms with Gasteiger partial charge < -0.3 is 14.9 Å².